The van der Waals surface area contributed by atoms with E-state index in [0.717, 1.165) is 81.0 Å². The van der Waals surface area contributed by atoms with Crippen LogP contribution in [-0.2, 0) is 35.6 Å². The van der Waals surface area contributed by atoms with Gasteiger partial charge >= 0.3 is 5.97 Å². The first-order valence-electron chi connectivity index (χ1n) is 17.0. The summed E-state index contributed by atoms with van der Waals surface area (Å²) in [7, 11) is 0. The molecule has 5 aromatic rings. The van der Waals surface area contributed by atoms with E-state index in [9.17, 15) is 10.0 Å². The maximum atomic E-state index is 13.6. The summed E-state index contributed by atoms with van der Waals surface area (Å²) in [5.41, 5.74) is 7.58. The Morgan fingerprint density at radius 1 is 1.08 bits per heavy atom. The summed E-state index contributed by atoms with van der Waals surface area (Å²) in [5.74, 6) is 1.44. The van der Waals surface area contributed by atoms with Crippen molar-refractivity contribution in [2.75, 3.05) is 19.7 Å². The van der Waals surface area contributed by atoms with E-state index in [4.69, 9.17) is 21.3 Å². The number of fused-ring (bicyclic) bond motifs is 5. The summed E-state index contributed by atoms with van der Waals surface area (Å²) in [5, 5.41) is 24.2. The molecule has 0 spiro atoms. The predicted molar refractivity (Wildman–Crippen MR) is 195 cm³/mol. The molecule has 0 saturated heterocycles. The van der Waals surface area contributed by atoms with Crippen molar-refractivity contribution in [1.82, 2.24) is 24.6 Å². The van der Waals surface area contributed by atoms with Gasteiger partial charge < -0.3 is 9.94 Å². The topological polar surface area (TPSA) is 112 Å². The molecular formula is C38H38ClN7O3S. The Labute approximate surface area is 300 Å². The lowest BCUT2D eigenvalue weighted by Gasteiger charge is -2.27. The van der Waals surface area contributed by atoms with Gasteiger partial charge in [-0.15, -0.1) is 21.5 Å². The highest BCUT2D eigenvalue weighted by atomic mass is 35.5. The Bertz CT molecular complexity index is 2090. The SMILES string of the molecule is CCOC(=O)CCCC/[N+]([O-])=C(/c1cccnc1)c1cccc(CN2CCc3c(sc4c3C(c3ccccc3Cl)=NCc3nnc(C)n3-4)C2)c1. The number of aryl methyl sites for hydroxylation is 1. The number of unbranched alkanes of at least 4 members (excludes halogenated alkanes) is 1. The second-order valence-corrected chi connectivity index (χ2v) is 13.9. The number of ether oxygens (including phenoxy) is 1. The van der Waals surface area contributed by atoms with Gasteiger partial charge in [0.15, 0.2) is 12.4 Å². The molecule has 2 aliphatic rings. The van der Waals surface area contributed by atoms with Crippen molar-refractivity contribution in [2.45, 2.75) is 59.2 Å². The van der Waals surface area contributed by atoms with Crippen LogP contribution in [0.4, 0.5) is 0 Å². The van der Waals surface area contributed by atoms with E-state index in [1.54, 1.807) is 30.7 Å². The highest BCUT2D eigenvalue weighted by Crippen LogP contribution is 2.40. The van der Waals surface area contributed by atoms with Crippen LogP contribution in [0.2, 0.25) is 5.02 Å². The highest BCUT2D eigenvalue weighted by Gasteiger charge is 2.32. The lowest BCUT2D eigenvalue weighted by atomic mass is 9.95. The van der Waals surface area contributed by atoms with Crippen LogP contribution in [0.25, 0.3) is 5.00 Å². The normalized spacial score (nSPS) is 14.6. The average Bonchev–Trinajstić information content (AvgIpc) is 3.62. The van der Waals surface area contributed by atoms with Gasteiger partial charge in [0.25, 0.3) is 0 Å². The van der Waals surface area contributed by atoms with Crippen LogP contribution < -0.4 is 0 Å². The molecule has 0 unspecified atom stereocenters. The highest BCUT2D eigenvalue weighted by molar-refractivity contribution is 7.15. The molecule has 0 bridgehead atoms. The van der Waals surface area contributed by atoms with Gasteiger partial charge in [0.05, 0.1) is 17.9 Å². The zero-order chi connectivity index (χ0) is 34.6. The molecule has 0 aliphatic carbocycles. The number of hydrogen-bond donors (Lipinski definition) is 0. The number of halogens is 1. The molecule has 0 saturated carbocycles. The van der Waals surface area contributed by atoms with E-state index in [1.807, 2.05) is 55.5 Å². The summed E-state index contributed by atoms with van der Waals surface area (Å²) in [6.07, 6.45) is 5.76. The van der Waals surface area contributed by atoms with Crippen LogP contribution in [-0.4, -0.2) is 66.5 Å². The van der Waals surface area contributed by atoms with Crippen molar-refractivity contribution in [2.24, 2.45) is 4.99 Å². The maximum Gasteiger partial charge on any atom is 0.305 e. The van der Waals surface area contributed by atoms with Crippen LogP contribution in [0.3, 0.4) is 0 Å². The van der Waals surface area contributed by atoms with Crippen LogP contribution in [0.5, 0.6) is 0 Å². The first kappa shape index (κ1) is 33.8. The number of rotatable bonds is 11. The number of aliphatic imine (C=N–C) groups is 1. The van der Waals surface area contributed by atoms with Crippen molar-refractivity contribution >= 4 is 40.3 Å². The summed E-state index contributed by atoms with van der Waals surface area (Å²) in [6, 6.07) is 19.9. The fourth-order valence-corrected chi connectivity index (χ4v) is 8.44. The van der Waals surface area contributed by atoms with Crippen molar-refractivity contribution in [3.8, 4) is 5.00 Å². The van der Waals surface area contributed by atoms with Gasteiger partial charge in [-0.05, 0) is 68.1 Å². The number of carbonyl (C=O) groups is 1. The number of hydrogen-bond acceptors (Lipinski definition) is 9. The number of thiophene rings is 1. The van der Waals surface area contributed by atoms with Crippen molar-refractivity contribution in [3.63, 3.8) is 0 Å². The van der Waals surface area contributed by atoms with Gasteiger partial charge in [-0.25, -0.2) is 4.74 Å². The monoisotopic (exact) mass is 707 g/mol. The third-order valence-electron chi connectivity index (χ3n) is 9.05. The first-order chi connectivity index (χ1) is 24.4. The lowest BCUT2D eigenvalue weighted by molar-refractivity contribution is -0.457. The number of benzene rings is 2. The molecular weight excluding hydrogens is 670 g/mol. The number of aromatic nitrogens is 4. The predicted octanol–water partition coefficient (Wildman–Crippen LogP) is 6.68. The molecule has 7 rings (SSSR count). The maximum absolute atomic E-state index is 13.6. The third-order valence-corrected chi connectivity index (χ3v) is 10.6. The van der Waals surface area contributed by atoms with Crippen molar-refractivity contribution in [1.29, 1.82) is 0 Å². The van der Waals surface area contributed by atoms with E-state index < -0.39 is 0 Å². The minimum atomic E-state index is -0.232. The summed E-state index contributed by atoms with van der Waals surface area (Å²) >= 11 is 8.52. The molecule has 0 radical (unpaired) electrons. The summed E-state index contributed by atoms with van der Waals surface area (Å²) in [4.78, 5) is 24.9. The first-order valence-corrected chi connectivity index (χ1v) is 18.2. The number of pyridine rings is 1. The van der Waals surface area contributed by atoms with Gasteiger partial charge in [0, 0.05) is 71.5 Å². The van der Waals surface area contributed by atoms with Crippen LogP contribution in [0.15, 0.2) is 78.0 Å². The van der Waals surface area contributed by atoms with Crippen LogP contribution in [0.1, 0.15) is 76.1 Å². The van der Waals surface area contributed by atoms with Crippen molar-refractivity contribution < 1.29 is 14.3 Å². The Balaban J connectivity index is 1.15. The Morgan fingerprint density at radius 2 is 1.94 bits per heavy atom. The van der Waals surface area contributed by atoms with E-state index in [2.05, 4.69) is 36.8 Å². The minimum absolute atomic E-state index is 0.232. The zero-order valence-corrected chi connectivity index (χ0v) is 29.7. The van der Waals surface area contributed by atoms with E-state index >= 15 is 0 Å². The largest absolute Gasteiger partial charge is 0.623 e. The second kappa shape index (κ2) is 15.0. The molecule has 2 aliphatic heterocycles. The van der Waals surface area contributed by atoms with Gasteiger partial charge in [0.1, 0.15) is 17.4 Å². The van der Waals surface area contributed by atoms with Crippen LogP contribution >= 0.6 is 22.9 Å². The summed E-state index contributed by atoms with van der Waals surface area (Å²) in [6.45, 7) is 7.24. The van der Waals surface area contributed by atoms with E-state index in [-0.39, 0.29) is 12.5 Å². The van der Waals surface area contributed by atoms with Gasteiger partial charge in [-0.2, -0.15) is 0 Å². The Hall–Kier alpha value is -4.71. The van der Waals surface area contributed by atoms with E-state index in [0.29, 0.717) is 43.1 Å². The lowest BCUT2D eigenvalue weighted by Crippen LogP contribution is -2.30. The van der Waals surface area contributed by atoms with E-state index in [1.165, 1.54) is 10.4 Å². The fraction of sp³-hybridized carbons (Fsp3) is 0.316. The Morgan fingerprint density at radius 3 is 2.76 bits per heavy atom. The van der Waals surface area contributed by atoms with Gasteiger partial charge in [0.2, 0.25) is 5.71 Å². The Kier molecular flexibility index (Phi) is 10.2. The van der Waals surface area contributed by atoms with Gasteiger partial charge in [-0.1, -0.05) is 41.9 Å². The van der Waals surface area contributed by atoms with Crippen molar-refractivity contribution in [3.05, 3.63) is 133 Å². The van der Waals surface area contributed by atoms with Gasteiger partial charge in [-0.3, -0.25) is 24.2 Å². The second-order valence-electron chi connectivity index (χ2n) is 12.4. The molecule has 0 amide bonds. The third kappa shape index (κ3) is 6.98. The smallest absolute Gasteiger partial charge is 0.305 e. The molecule has 2 aromatic carbocycles. The number of hydroxylamine groups is 1. The molecule has 3 aromatic heterocycles. The molecule has 12 heteroatoms. The minimum Gasteiger partial charge on any atom is -0.623 e. The molecule has 256 valence electrons. The quantitative estimate of drug-likeness (QED) is 0.0376. The molecule has 0 fully saturated rings. The average molecular weight is 708 g/mol. The molecule has 50 heavy (non-hydrogen) atoms. The summed E-state index contributed by atoms with van der Waals surface area (Å²) < 4.78 is 8.22. The zero-order valence-electron chi connectivity index (χ0n) is 28.1. The standard InChI is InChI=1S/C38H38ClN7O3S/c1-3-49-34(47)15-6-7-18-45(48)37(28-12-9-17-40-21-28)27-11-8-10-26(20-27)23-44-19-16-30-32(24-44)50-38-35(30)36(29-13-4-5-14-31(29)39)41-22-33-43-42-25(2)46(33)38/h4-5,8-14,17,20-21H,3,6-7,15-16,18-19,22-24H2,1-2H3/b45-37-. The number of nitrogens with zero attached hydrogens (tertiary/aromatic N) is 7. The molecule has 10 nitrogen and oxygen atoms in total. The molecule has 0 atom stereocenters. The number of esters is 1. The molecule has 0 N–H and O–H groups in total. The fourth-order valence-electron chi connectivity index (χ4n) is 6.76. The number of carbonyl (C=O) groups excluding carboxylic acids is 1. The van der Waals surface area contributed by atoms with Crippen LogP contribution in [0, 0.1) is 12.1 Å². The molecule has 5 heterocycles.